The number of aryl methyl sites for hydroxylation is 2. The number of nitrogens with two attached hydrogens (primary N) is 1. The third-order valence-electron chi connectivity index (χ3n) is 4.82. The molecule has 0 saturated carbocycles. The van der Waals surface area contributed by atoms with Gasteiger partial charge in [0.05, 0.1) is 5.39 Å². The predicted octanol–water partition coefficient (Wildman–Crippen LogP) is 1.57. The van der Waals surface area contributed by atoms with Crippen LogP contribution in [0.4, 0.5) is 11.8 Å². The molecule has 0 aromatic carbocycles. The Morgan fingerprint density at radius 1 is 1.09 bits per heavy atom. The first-order chi connectivity index (χ1) is 10.7. The van der Waals surface area contributed by atoms with Crippen molar-refractivity contribution in [2.75, 3.05) is 24.1 Å². The summed E-state index contributed by atoms with van der Waals surface area (Å²) in [5.41, 5.74) is 10.7. The number of piperidine rings is 1. The van der Waals surface area contributed by atoms with Gasteiger partial charge in [-0.3, -0.25) is 0 Å². The zero-order valence-corrected chi connectivity index (χ0v) is 12.9. The standard InChI is InChI=1S/C16H22N6/c1-9-11-3-2-4-12(11)13-14(17)21-16(22-15(13)19-9)20-10-5-7-18-8-6-10/h10,18H,2-8H2,1H3,(H3,17,19,20,21,22). The van der Waals surface area contributed by atoms with Gasteiger partial charge >= 0.3 is 0 Å². The molecule has 1 fully saturated rings. The van der Waals surface area contributed by atoms with Gasteiger partial charge in [-0.05, 0) is 63.2 Å². The van der Waals surface area contributed by atoms with E-state index in [4.69, 9.17) is 5.73 Å². The predicted molar refractivity (Wildman–Crippen MR) is 88.0 cm³/mol. The Bertz CT molecular complexity index is 720. The zero-order chi connectivity index (χ0) is 15.1. The summed E-state index contributed by atoms with van der Waals surface area (Å²) < 4.78 is 0. The molecule has 2 aromatic heterocycles. The molecule has 6 heteroatoms. The van der Waals surface area contributed by atoms with Crippen LogP contribution in [0.2, 0.25) is 0 Å². The van der Waals surface area contributed by atoms with E-state index in [1.165, 1.54) is 17.5 Å². The maximum Gasteiger partial charge on any atom is 0.226 e. The number of rotatable bonds is 2. The van der Waals surface area contributed by atoms with Gasteiger partial charge in [0.15, 0.2) is 5.65 Å². The van der Waals surface area contributed by atoms with Crippen LogP contribution >= 0.6 is 0 Å². The molecule has 4 rings (SSSR count). The van der Waals surface area contributed by atoms with Crippen molar-refractivity contribution in [3.05, 3.63) is 16.8 Å². The van der Waals surface area contributed by atoms with Crippen LogP contribution in [0.5, 0.6) is 0 Å². The Labute approximate surface area is 129 Å². The topological polar surface area (TPSA) is 88.8 Å². The third-order valence-corrected chi connectivity index (χ3v) is 4.82. The molecule has 1 saturated heterocycles. The second kappa shape index (κ2) is 5.35. The highest BCUT2D eigenvalue weighted by Gasteiger charge is 2.22. The smallest absolute Gasteiger partial charge is 0.226 e. The van der Waals surface area contributed by atoms with E-state index < -0.39 is 0 Å². The Morgan fingerprint density at radius 3 is 2.68 bits per heavy atom. The molecule has 0 bridgehead atoms. The molecule has 0 spiro atoms. The van der Waals surface area contributed by atoms with Crippen LogP contribution in [0, 0.1) is 6.92 Å². The van der Waals surface area contributed by atoms with E-state index in [2.05, 4.69) is 32.5 Å². The van der Waals surface area contributed by atoms with Crippen molar-refractivity contribution in [1.82, 2.24) is 20.3 Å². The van der Waals surface area contributed by atoms with E-state index in [1.54, 1.807) is 0 Å². The number of fused-ring (bicyclic) bond motifs is 3. The summed E-state index contributed by atoms with van der Waals surface area (Å²) in [5, 5.41) is 7.74. The molecule has 3 heterocycles. The van der Waals surface area contributed by atoms with Crippen LogP contribution in [0.1, 0.15) is 36.1 Å². The summed E-state index contributed by atoms with van der Waals surface area (Å²) in [5.74, 6) is 1.17. The Balaban J connectivity index is 1.75. The monoisotopic (exact) mass is 298 g/mol. The quantitative estimate of drug-likeness (QED) is 0.780. The fraction of sp³-hybridized carbons (Fsp3) is 0.562. The lowest BCUT2D eigenvalue weighted by molar-refractivity contribution is 0.477. The van der Waals surface area contributed by atoms with Crippen molar-refractivity contribution in [1.29, 1.82) is 0 Å². The molecule has 0 unspecified atom stereocenters. The average Bonchev–Trinajstić information content (AvgIpc) is 2.98. The summed E-state index contributed by atoms with van der Waals surface area (Å²) >= 11 is 0. The van der Waals surface area contributed by atoms with Crippen molar-refractivity contribution in [2.45, 2.75) is 45.1 Å². The second-order valence-corrected chi connectivity index (χ2v) is 6.31. The van der Waals surface area contributed by atoms with Crippen LogP contribution in [-0.2, 0) is 12.8 Å². The van der Waals surface area contributed by atoms with Crippen LogP contribution < -0.4 is 16.4 Å². The van der Waals surface area contributed by atoms with Gasteiger partial charge in [0, 0.05) is 11.7 Å². The lowest BCUT2D eigenvalue weighted by Gasteiger charge is -2.23. The molecule has 116 valence electrons. The molecule has 0 amide bonds. The first-order valence-electron chi connectivity index (χ1n) is 8.15. The van der Waals surface area contributed by atoms with E-state index in [-0.39, 0.29) is 0 Å². The molecular formula is C16H22N6. The first-order valence-corrected chi connectivity index (χ1v) is 8.15. The van der Waals surface area contributed by atoms with Gasteiger partial charge in [-0.1, -0.05) is 0 Å². The number of hydrogen-bond donors (Lipinski definition) is 3. The van der Waals surface area contributed by atoms with Gasteiger partial charge in [-0.15, -0.1) is 0 Å². The number of nitrogens with zero attached hydrogens (tertiary/aromatic N) is 3. The first kappa shape index (κ1) is 13.7. The lowest BCUT2D eigenvalue weighted by Crippen LogP contribution is -2.35. The van der Waals surface area contributed by atoms with Gasteiger partial charge in [-0.2, -0.15) is 9.97 Å². The maximum atomic E-state index is 6.24. The highest BCUT2D eigenvalue weighted by molar-refractivity contribution is 5.91. The van der Waals surface area contributed by atoms with Gasteiger partial charge < -0.3 is 16.4 Å². The highest BCUT2D eigenvalue weighted by atomic mass is 15.2. The van der Waals surface area contributed by atoms with E-state index in [0.29, 0.717) is 17.8 Å². The lowest BCUT2D eigenvalue weighted by atomic mass is 10.1. The highest BCUT2D eigenvalue weighted by Crippen LogP contribution is 2.33. The maximum absolute atomic E-state index is 6.24. The van der Waals surface area contributed by atoms with Crippen LogP contribution in [0.3, 0.4) is 0 Å². The Morgan fingerprint density at radius 2 is 1.86 bits per heavy atom. The fourth-order valence-electron chi connectivity index (χ4n) is 3.69. The van der Waals surface area contributed by atoms with Crippen molar-refractivity contribution >= 4 is 22.8 Å². The van der Waals surface area contributed by atoms with Crippen molar-refractivity contribution in [3.63, 3.8) is 0 Å². The number of nitrogen functional groups attached to an aromatic ring is 1. The molecule has 6 nitrogen and oxygen atoms in total. The van der Waals surface area contributed by atoms with Gasteiger partial charge in [-0.25, -0.2) is 4.98 Å². The largest absolute Gasteiger partial charge is 0.383 e. The Hall–Kier alpha value is -1.95. The van der Waals surface area contributed by atoms with Crippen LogP contribution in [0.15, 0.2) is 0 Å². The SMILES string of the molecule is Cc1nc2nc(NC3CCNCC3)nc(N)c2c2c1CCC2. The molecule has 2 aliphatic rings. The summed E-state index contributed by atoms with van der Waals surface area (Å²) in [6.45, 7) is 4.14. The fourth-order valence-corrected chi connectivity index (χ4v) is 3.69. The van der Waals surface area contributed by atoms with Gasteiger partial charge in [0.1, 0.15) is 5.82 Å². The second-order valence-electron chi connectivity index (χ2n) is 6.31. The molecule has 0 atom stereocenters. The van der Waals surface area contributed by atoms with Crippen molar-refractivity contribution in [3.8, 4) is 0 Å². The molecule has 1 aliphatic heterocycles. The van der Waals surface area contributed by atoms with Gasteiger partial charge in [0.2, 0.25) is 5.95 Å². The number of anilines is 2. The molecule has 1 aliphatic carbocycles. The van der Waals surface area contributed by atoms with E-state index >= 15 is 0 Å². The minimum absolute atomic E-state index is 0.411. The number of aromatic nitrogens is 3. The third kappa shape index (κ3) is 2.27. The van der Waals surface area contributed by atoms with Gasteiger partial charge in [0.25, 0.3) is 0 Å². The molecule has 22 heavy (non-hydrogen) atoms. The number of pyridine rings is 1. The molecular weight excluding hydrogens is 276 g/mol. The van der Waals surface area contributed by atoms with E-state index in [9.17, 15) is 0 Å². The summed E-state index contributed by atoms with van der Waals surface area (Å²) in [7, 11) is 0. The van der Waals surface area contributed by atoms with E-state index in [0.717, 1.165) is 55.5 Å². The number of hydrogen-bond acceptors (Lipinski definition) is 6. The minimum Gasteiger partial charge on any atom is -0.383 e. The normalized spacial score (nSPS) is 18.6. The Kier molecular flexibility index (Phi) is 3.33. The van der Waals surface area contributed by atoms with E-state index in [1.807, 2.05) is 0 Å². The summed E-state index contributed by atoms with van der Waals surface area (Å²) in [4.78, 5) is 13.8. The summed E-state index contributed by atoms with van der Waals surface area (Å²) in [6, 6.07) is 0.411. The van der Waals surface area contributed by atoms with Crippen LogP contribution in [0.25, 0.3) is 11.0 Å². The molecule has 2 aromatic rings. The number of nitrogens with one attached hydrogen (secondary N) is 2. The minimum atomic E-state index is 0.411. The summed E-state index contributed by atoms with van der Waals surface area (Å²) in [6.07, 6.45) is 5.49. The average molecular weight is 298 g/mol. The molecule has 0 radical (unpaired) electrons. The molecule has 4 N–H and O–H groups in total. The van der Waals surface area contributed by atoms with Crippen molar-refractivity contribution in [2.24, 2.45) is 0 Å². The van der Waals surface area contributed by atoms with Crippen LogP contribution in [-0.4, -0.2) is 34.1 Å². The zero-order valence-electron chi connectivity index (χ0n) is 12.9. The van der Waals surface area contributed by atoms with Crippen molar-refractivity contribution < 1.29 is 0 Å².